The van der Waals surface area contributed by atoms with E-state index in [1.807, 2.05) is 12.1 Å². The molecule has 0 spiro atoms. The van der Waals surface area contributed by atoms with E-state index in [4.69, 9.17) is 14.2 Å². The largest absolute Gasteiger partial charge is 0.493 e. The fraction of sp³-hybridized carbons (Fsp3) is 0.548. The molecule has 1 aliphatic heterocycles. The van der Waals surface area contributed by atoms with Crippen LogP contribution in [-0.2, 0) is 20.7 Å². The van der Waals surface area contributed by atoms with Crippen molar-refractivity contribution in [2.24, 2.45) is 10.8 Å². The number of benzene rings is 1. The molecule has 0 saturated carbocycles. The van der Waals surface area contributed by atoms with Crippen molar-refractivity contribution in [3.05, 3.63) is 58.5 Å². The quantitative estimate of drug-likeness (QED) is 0.417. The van der Waals surface area contributed by atoms with Gasteiger partial charge in [-0.3, -0.25) is 9.59 Å². The van der Waals surface area contributed by atoms with E-state index in [0.29, 0.717) is 43.9 Å². The highest BCUT2D eigenvalue weighted by Gasteiger charge is 2.49. The summed E-state index contributed by atoms with van der Waals surface area (Å²) in [6.45, 7) is 13.6. The van der Waals surface area contributed by atoms with Gasteiger partial charge < -0.3 is 19.1 Å². The molecular formula is C31H41NO5. The molecule has 37 heavy (non-hydrogen) atoms. The molecule has 0 radical (unpaired) electrons. The highest BCUT2D eigenvalue weighted by molar-refractivity contribution is 6.06. The van der Waals surface area contributed by atoms with Crippen LogP contribution in [0, 0.1) is 10.8 Å². The highest BCUT2D eigenvalue weighted by atomic mass is 16.5. The molecule has 0 atom stereocenters. The van der Waals surface area contributed by atoms with Crippen molar-refractivity contribution in [1.82, 2.24) is 4.90 Å². The van der Waals surface area contributed by atoms with Crippen molar-refractivity contribution in [3.8, 4) is 11.5 Å². The first kappa shape index (κ1) is 27.2. The first-order valence-electron chi connectivity index (χ1n) is 13.1. The van der Waals surface area contributed by atoms with Crippen LogP contribution in [0.1, 0.15) is 70.4 Å². The van der Waals surface area contributed by atoms with Gasteiger partial charge in [-0.25, -0.2) is 0 Å². The third-order valence-electron chi connectivity index (χ3n) is 7.82. The Morgan fingerprint density at radius 1 is 0.919 bits per heavy atom. The molecule has 0 unspecified atom stereocenters. The molecule has 0 N–H and O–H groups in total. The second-order valence-electron chi connectivity index (χ2n) is 12.1. The summed E-state index contributed by atoms with van der Waals surface area (Å²) >= 11 is 0. The number of hydrogen-bond acceptors (Lipinski definition) is 6. The third-order valence-corrected chi connectivity index (χ3v) is 7.82. The summed E-state index contributed by atoms with van der Waals surface area (Å²) in [7, 11) is 4.93. The maximum Gasteiger partial charge on any atom is 0.164 e. The van der Waals surface area contributed by atoms with Gasteiger partial charge in [0.1, 0.15) is 0 Å². The topological polar surface area (TPSA) is 65.1 Å². The van der Waals surface area contributed by atoms with Gasteiger partial charge in [0.2, 0.25) is 0 Å². The van der Waals surface area contributed by atoms with Gasteiger partial charge in [0, 0.05) is 60.5 Å². The molecule has 0 saturated heterocycles. The van der Waals surface area contributed by atoms with Crippen molar-refractivity contribution < 1.29 is 23.8 Å². The summed E-state index contributed by atoms with van der Waals surface area (Å²) in [5.41, 5.74) is 5.05. The average molecular weight is 508 g/mol. The fourth-order valence-corrected chi connectivity index (χ4v) is 6.37. The number of carbonyl (C=O) groups is 2. The van der Waals surface area contributed by atoms with Gasteiger partial charge >= 0.3 is 0 Å². The summed E-state index contributed by atoms with van der Waals surface area (Å²) in [6, 6.07) is 4.00. The molecule has 1 heterocycles. The summed E-state index contributed by atoms with van der Waals surface area (Å²) < 4.78 is 16.9. The number of ketones is 2. The Morgan fingerprint density at radius 2 is 1.49 bits per heavy atom. The number of rotatable bonds is 8. The van der Waals surface area contributed by atoms with E-state index in [9.17, 15) is 9.59 Å². The lowest BCUT2D eigenvalue weighted by Gasteiger charge is -2.49. The van der Waals surface area contributed by atoms with Crippen LogP contribution in [0.15, 0.2) is 47.3 Å². The summed E-state index contributed by atoms with van der Waals surface area (Å²) in [5, 5.41) is 0. The summed E-state index contributed by atoms with van der Waals surface area (Å²) in [6.07, 6.45) is 4.86. The number of allylic oxidation sites excluding steroid dienone is 5. The Labute approximate surface area is 221 Å². The fourth-order valence-electron chi connectivity index (χ4n) is 6.37. The maximum absolute atomic E-state index is 13.9. The lowest BCUT2D eigenvalue weighted by Crippen LogP contribution is -2.45. The predicted octanol–water partition coefficient (Wildman–Crippen LogP) is 5.76. The third kappa shape index (κ3) is 5.00. The van der Waals surface area contributed by atoms with Gasteiger partial charge in [-0.2, -0.15) is 0 Å². The molecule has 6 nitrogen and oxygen atoms in total. The van der Waals surface area contributed by atoms with E-state index in [2.05, 4.69) is 45.2 Å². The van der Waals surface area contributed by atoms with Gasteiger partial charge in [-0.15, -0.1) is 6.58 Å². The molecule has 4 rings (SSSR count). The van der Waals surface area contributed by atoms with E-state index in [0.717, 1.165) is 46.5 Å². The van der Waals surface area contributed by atoms with Crippen molar-refractivity contribution >= 4 is 11.6 Å². The van der Waals surface area contributed by atoms with Gasteiger partial charge in [0.25, 0.3) is 0 Å². The Kier molecular flexibility index (Phi) is 7.44. The monoisotopic (exact) mass is 507 g/mol. The number of Topliss-reactive ketones (excluding diaryl/α,β-unsaturated/α-hetero) is 2. The molecule has 0 aromatic heterocycles. The number of hydrogen-bond donors (Lipinski definition) is 0. The minimum absolute atomic E-state index is 0.114. The second-order valence-corrected chi connectivity index (χ2v) is 12.1. The number of methoxy groups -OCH3 is 3. The summed E-state index contributed by atoms with van der Waals surface area (Å²) in [4.78, 5) is 30.1. The van der Waals surface area contributed by atoms with Crippen LogP contribution >= 0.6 is 0 Å². The molecular weight excluding hydrogens is 466 g/mol. The Balaban J connectivity index is 2.03. The molecule has 6 heteroatoms. The van der Waals surface area contributed by atoms with Crippen LogP contribution in [0.3, 0.4) is 0 Å². The van der Waals surface area contributed by atoms with Crippen LogP contribution < -0.4 is 9.47 Å². The lowest BCUT2D eigenvalue weighted by molar-refractivity contribution is -0.119. The molecule has 200 valence electrons. The Morgan fingerprint density at radius 3 is 1.95 bits per heavy atom. The highest BCUT2D eigenvalue weighted by Crippen LogP contribution is 2.55. The van der Waals surface area contributed by atoms with E-state index < -0.39 is 5.92 Å². The molecule has 0 fully saturated rings. The second kappa shape index (κ2) is 10.1. The first-order valence-corrected chi connectivity index (χ1v) is 13.1. The maximum atomic E-state index is 13.9. The van der Waals surface area contributed by atoms with Gasteiger partial charge in [0.15, 0.2) is 23.1 Å². The standard InChI is InChI=1S/C31H41NO5/c1-9-10-19-13-20(14-25(36-7)29(19)37-8)26-27-21(15-30(2,3)17-23(27)33)32(11-12-35-6)22-16-31(4,5)18-24(34)28(22)26/h9,13-14,26H,1,10-12,15-18H2,2-8H3. The van der Waals surface area contributed by atoms with Crippen LogP contribution in [0.5, 0.6) is 11.5 Å². The molecule has 0 amide bonds. The zero-order valence-corrected chi connectivity index (χ0v) is 23.5. The van der Waals surface area contributed by atoms with Crippen molar-refractivity contribution in [3.63, 3.8) is 0 Å². The first-order chi connectivity index (χ1) is 17.5. The van der Waals surface area contributed by atoms with Crippen LogP contribution in [-0.4, -0.2) is 50.9 Å². The minimum atomic E-state index is -0.431. The SMILES string of the molecule is C=CCc1cc(C2C3=C(CC(C)(C)CC3=O)N(CCOC)C3=C2C(=O)CC(C)(C)C3)cc(OC)c1OC. The zero-order chi connectivity index (χ0) is 27.1. The molecule has 1 aromatic carbocycles. The number of ether oxygens (including phenoxy) is 3. The van der Waals surface area contributed by atoms with Gasteiger partial charge in [-0.1, -0.05) is 39.8 Å². The molecule has 0 bridgehead atoms. The number of carbonyl (C=O) groups excluding carboxylic acids is 2. The normalized spacial score (nSPS) is 21.1. The molecule has 2 aliphatic carbocycles. The van der Waals surface area contributed by atoms with Crippen molar-refractivity contribution in [2.45, 2.75) is 65.7 Å². The lowest BCUT2D eigenvalue weighted by atomic mass is 9.63. The van der Waals surface area contributed by atoms with Crippen LogP contribution in [0.2, 0.25) is 0 Å². The van der Waals surface area contributed by atoms with E-state index in [1.54, 1.807) is 21.3 Å². The molecule has 1 aromatic rings. The van der Waals surface area contributed by atoms with Gasteiger partial charge in [-0.05, 0) is 41.7 Å². The van der Waals surface area contributed by atoms with E-state index in [-0.39, 0.29) is 22.4 Å². The van der Waals surface area contributed by atoms with E-state index in [1.165, 1.54) is 0 Å². The predicted molar refractivity (Wildman–Crippen MR) is 145 cm³/mol. The summed E-state index contributed by atoms with van der Waals surface area (Å²) in [5.74, 6) is 1.04. The van der Waals surface area contributed by atoms with Crippen LogP contribution in [0.4, 0.5) is 0 Å². The van der Waals surface area contributed by atoms with E-state index >= 15 is 0 Å². The minimum Gasteiger partial charge on any atom is -0.493 e. The smallest absolute Gasteiger partial charge is 0.164 e. The average Bonchev–Trinajstić information content (AvgIpc) is 2.80. The van der Waals surface area contributed by atoms with Gasteiger partial charge in [0.05, 0.1) is 20.8 Å². The Bertz CT molecular complexity index is 1130. The van der Waals surface area contributed by atoms with Crippen LogP contribution in [0.25, 0.3) is 0 Å². The molecule has 3 aliphatic rings. The number of nitrogens with zero attached hydrogens (tertiary/aromatic N) is 1. The van der Waals surface area contributed by atoms with Crippen molar-refractivity contribution in [1.29, 1.82) is 0 Å². The van der Waals surface area contributed by atoms with Crippen molar-refractivity contribution in [2.75, 3.05) is 34.5 Å². The zero-order valence-electron chi connectivity index (χ0n) is 23.5. The Hall–Kier alpha value is -2.86.